The van der Waals surface area contributed by atoms with E-state index in [2.05, 4.69) is 21.4 Å². The average Bonchev–Trinajstić information content (AvgIpc) is 3.41. The Bertz CT molecular complexity index is 2270. The fourth-order valence-electron chi connectivity index (χ4n) is 8.38. The first kappa shape index (κ1) is 37.2. The van der Waals surface area contributed by atoms with E-state index in [1.54, 1.807) is 18.6 Å². The number of piperidine rings is 2. The van der Waals surface area contributed by atoms with Gasteiger partial charge < -0.3 is 20.4 Å². The number of likely N-dealkylation sites (tertiary alicyclic amines) is 1. The van der Waals surface area contributed by atoms with Crippen LogP contribution < -0.4 is 5.32 Å². The number of benzene rings is 2. The molecule has 8 nitrogen and oxygen atoms in total. The smallest absolute Gasteiger partial charge is 0.227 e. The number of hydrogen-bond acceptors (Lipinski definition) is 7. The summed E-state index contributed by atoms with van der Waals surface area (Å²) in [5.41, 5.74) is 13.9. The zero-order valence-corrected chi connectivity index (χ0v) is 32.0. The molecule has 5 heterocycles. The van der Waals surface area contributed by atoms with Gasteiger partial charge in [-0.1, -0.05) is 58.6 Å². The van der Waals surface area contributed by atoms with Gasteiger partial charge in [-0.3, -0.25) is 19.7 Å². The molecule has 2 aliphatic carbocycles. The summed E-state index contributed by atoms with van der Waals surface area (Å²) in [5, 5.41) is 26.3. The van der Waals surface area contributed by atoms with E-state index in [0.717, 1.165) is 94.7 Å². The highest BCUT2D eigenvalue weighted by atomic mass is 35.5. The monoisotopic (exact) mass is 771 g/mol. The maximum atomic E-state index is 12.8. The van der Waals surface area contributed by atoms with E-state index in [0.29, 0.717) is 42.4 Å². The Hall–Kier alpha value is -4.70. The molecule has 4 aliphatic rings. The van der Waals surface area contributed by atoms with Crippen LogP contribution in [0.5, 0.6) is 0 Å². The van der Waals surface area contributed by atoms with E-state index >= 15 is 0 Å². The summed E-state index contributed by atoms with van der Waals surface area (Å²) in [7, 11) is 0. The fraction of sp³-hybridized carbons (Fsp3) is 0.289. The number of fused-ring (bicyclic) bond motifs is 4. The third kappa shape index (κ3) is 8.02. The molecule has 280 valence electrons. The number of nitrogens with zero attached hydrogens (tertiary/aromatic N) is 4. The molecule has 5 aromatic rings. The van der Waals surface area contributed by atoms with Gasteiger partial charge in [0.1, 0.15) is 0 Å². The van der Waals surface area contributed by atoms with Crippen molar-refractivity contribution < 1.29 is 15.0 Å². The molecule has 55 heavy (non-hydrogen) atoms. The van der Waals surface area contributed by atoms with E-state index in [1.165, 1.54) is 16.7 Å². The van der Waals surface area contributed by atoms with Crippen LogP contribution in [0.2, 0.25) is 10.0 Å². The minimum Gasteiger partial charge on any atom is -0.388 e. The second-order valence-corrected chi connectivity index (χ2v) is 15.4. The van der Waals surface area contributed by atoms with Crippen molar-refractivity contribution in [1.29, 1.82) is 0 Å². The molecular formula is C45H43Cl2N5O3. The quantitative estimate of drug-likeness (QED) is 0.167. The van der Waals surface area contributed by atoms with Crippen LogP contribution in [-0.2, 0) is 24.1 Å². The predicted molar refractivity (Wildman–Crippen MR) is 217 cm³/mol. The van der Waals surface area contributed by atoms with Crippen LogP contribution in [0.3, 0.4) is 0 Å². The molecule has 1 amide bonds. The van der Waals surface area contributed by atoms with Gasteiger partial charge in [-0.2, -0.15) is 0 Å². The standard InChI is InChI=1S/C26H24ClN3O2.C19H19ClN2O/c27-20-3-4-21-22(16-20)23(31)15-19-2-1-9-29-26(19)25(21)18-7-12-30(13-8-18)24(32)14-17-5-10-28-11-6-17;20-14-3-4-15-16(11-14)17(23)10-13-2-1-7-22-19(13)18(15)12-5-8-21-9-6-12/h1-6,9-11,16,23,31H,7-8,12-15H2;1-4,7,11,17,21,23H,5-6,8-10H2. The second-order valence-electron chi connectivity index (χ2n) is 14.5. The van der Waals surface area contributed by atoms with Crippen molar-refractivity contribution in [1.82, 2.24) is 25.2 Å². The highest BCUT2D eigenvalue weighted by molar-refractivity contribution is 6.31. The molecule has 3 N–H and O–H groups in total. The Balaban J connectivity index is 0.000000164. The molecule has 2 aliphatic heterocycles. The van der Waals surface area contributed by atoms with Crippen LogP contribution >= 0.6 is 23.2 Å². The van der Waals surface area contributed by atoms with Gasteiger partial charge in [0.15, 0.2) is 0 Å². The van der Waals surface area contributed by atoms with Crippen molar-refractivity contribution in [2.24, 2.45) is 0 Å². The van der Waals surface area contributed by atoms with Crippen LogP contribution in [0.25, 0.3) is 11.1 Å². The SMILES string of the molecule is O=C(Cc1ccncc1)N1CCC(=C2c3ccc(Cl)cc3C(O)Cc3cccnc32)CC1.OC1Cc2cccnc2C(=C2CCNCC2)c2ccc(Cl)cc21. The van der Waals surface area contributed by atoms with Gasteiger partial charge >= 0.3 is 0 Å². The maximum Gasteiger partial charge on any atom is 0.227 e. The fourth-order valence-corrected chi connectivity index (χ4v) is 8.74. The summed E-state index contributed by atoms with van der Waals surface area (Å²) in [6.45, 7) is 3.34. The second kappa shape index (κ2) is 16.6. The Morgan fingerprint density at radius 3 is 1.73 bits per heavy atom. The van der Waals surface area contributed by atoms with Crippen molar-refractivity contribution in [2.75, 3.05) is 26.2 Å². The van der Waals surface area contributed by atoms with Gasteiger partial charge in [0.25, 0.3) is 0 Å². The lowest BCUT2D eigenvalue weighted by Gasteiger charge is -2.30. The molecule has 2 fully saturated rings. The van der Waals surface area contributed by atoms with Crippen LogP contribution in [0, 0.1) is 0 Å². The van der Waals surface area contributed by atoms with Crippen LogP contribution in [0.4, 0.5) is 0 Å². The number of aromatic nitrogens is 3. The zero-order valence-electron chi connectivity index (χ0n) is 30.5. The van der Waals surface area contributed by atoms with Crippen molar-refractivity contribution in [3.05, 3.63) is 169 Å². The third-order valence-corrected chi connectivity index (χ3v) is 11.6. The average molecular weight is 773 g/mol. The minimum absolute atomic E-state index is 0.141. The lowest BCUT2D eigenvalue weighted by atomic mass is 9.88. The number of aliphatic hydroxyl groups excluding tert-OH is 2. The van der Waals surface area contributed by atoms with E-state index < -0.39 is 12.2 Å². The topological polar surface area (TPSA) is 111 Å². The number of hydrogen-bond donors (Lipinski definition) is 3. The summed E-state index contributed by atoms with van der Waals surface area (Å²) in [4.78, 5) is 28.2. The summed E-state index contributed by atoms with van der Waals surface area (Å²) in [5.74, 6) is 0.141. The first-order chi connectivity index (χ1) is 26.8. The van der Waals surface area contributed by atoms with Crippen molar-refractivity contribution in [3.63, 3.8) is 0 Å². The van der Waals surface area contributed by atoms with Crippen molar-refractivity contribution in [2.45, 2.75) is 57.2 Å². The molecular weight excluding hydrogens is 729 g/mol. The number of aliphatic hydroxyl groups is 2. The predicted octanol–water partition coefficient (Wildman–Crippen LogP) is 7.90. The maximum absolute atomic E-state index is 12.8. The van der Waals surface area contributed by atoms with E-state index in [4.69, 9.17) is 28.2 Å². The van der Waals surface area contributed by atoms with Gasteiger partial charge in [-0.05, 0) is 126 Å². The summed E-state index contributed by atoms with van der Waals surface area (Å²) in [6.07, 6.45) is 11.0. The summed E-state index contributed by atoms with van der Waals surface area (Å²) >= 11 is 12.5. The molecule has 9 rings (SSSR count). The van der Waals surface area contributed by atoms with Crippen LogP contribution in [-0.4, -0.2) is 62.2 Å². The lowest BCUT2D eigenvalue weighted by molar-refractivity contribution is -0.130. The molecule has 10 heteroatoms. The van der Waals surface area contributed by atoms with Gasteiger partial charge in [0.2, 0.25) is 5.91 Å². The molecule has 3 aromatic heterocycles. The Morgan fingerprint density at radius 1 is 0.691 bits per heavy atom. The van der Waals surface area contributed by atoms with E-state index in [-0.39, 0.29) is 5.91 Å². The molecule has 2 unspecified atom stereocenters. The molecule has 0 spiro atoms. The number of amides is 1. The molecule has 0 radical (unpaired) electrons. The molecule has 2 saturated heterocycles. The number of pyridine rings is 3. The summed E-state index contributed by atoms with van der Waals surface area (Å²) in [6, 6.07) is 23.3. The Labute approximate surface area is 331 Å². The van der Waals surface area contributed by atoms with Gasteiger partial charge in [-0.15, -0.1) is 0 Å². The van der Waals surface area contributed by atoms with E-state index in [9.17, 15) is 15.0 Å². The first-order valence-electron chi connectivity index (χ1n) is 19.0. The largest absolute Gasteiger partial charge is 0.388 e. The molecule has 2 aromatic carbocycles. The van der Waals surface area contributed by atoms with Gasteiger partial charge in [0.05, 0.1) is 30.0 Å². The lowest BCUT2D eigenvalue weighted by Crippen LogP contribution is -2.37. The van der Waals surface area contributed by atoms with Crippen molar-refractivity contribution in [3.8, 4) is 0 Å². The number of nitrogens with one attached hydrogen (secondary N) is 1. The van der Waals surface area contributed by atoms with Crippen LogP contribution in [0.1, 0.15) is 88.2 Å². The Morgan fingerprint density at radius 2 is 1.20 bits per heavy atom. The zero-order chi connectivity index (χ0) is 37.9. The molecule has 0 bridgehead atoms. The van der Waals surface area contributed by atoms with Gasteiger partial charge in [0, 0.05) is 71.9 Å². The van der Waals surface area contributed by atoms with Crippen molar-refractivity contribution >= 4 is 40.3 Å². The molecule has 2 atom stereocenters. The number of halogens is 2. The highest BCUT2D eigenvalue weighted by Crippen LogP contribution is 2.43. The number of rotatable bonds is 2. The third-order valence-electron chi connectivity index (χ3n) is 11.1. The minimum atomic E-state index is -0.633. The van der Waals surface area contributed by atoms with Crippen LogP contribution in [0.15, 0.2) is 109 Å². The number of carbonyl (C=O) groups excluding carboxylic acids is 1. The first-order valence-corrected chi connectivity index (χ1v) is 19.8. The number of carbonyl (C=O) groups is 1. The Kier molecular flexibility index (Phi) is 11.2. The highest BCUT2D eigenvalue weighted by Gasteiger charge is 2.30. The molecule has 0 saturated carbocycles. The van der Waals surface area contributed by atoms with E-state index in [1.807, 2.05) is 77.8 Å². The van der Waals surface area contributed by atoms with Gasteiger partial charge in [-0.25, -0.2) is 0 Å². The normalized spacial score (nSPS) is 19.2. The summed E-state index contributed by atoms with van der Waals surface area (Å²) < 4.78 is 0.